The molecule has 2 rings (SSSR count). The summed E-state index contributed by atoms with van der Waals surface area (Å²) in [6, 6.07) is -0.271. The van der Waals surface area contributed by atoms with Crippen molar-refractivity contribution >= 4 is 11.9 Å². The molecule has 4 atom stereocenters. The molecule has 5 heteroatoms. The third kappa shape index (κ3) is 1.11. The van der Waals surface area contributed by atoms with E-state index in [4.69, 9.17) is 10.2 Å². The molecule has 5 nitrogen and oxygen atoms in total. The van der Waals surface area contributed by atoms with Crippen LogP contribution < -0.4 is 5.32 Å². The maximum atomic E-state index is 10.8. The highest BCUT2D eigenvalue weighted by Crippen LogP contribution is 2.38. The second kappa shape index (κ2) is 2.70. The third-order valence-corrected chi connectivity index (χ3v) is 3.04. The Morgan fingerprint density at radius 2 is 1.38 bits per heavy atom. The maximum Gasteiger partial charge on any atom is 0.309 e. The highest BCUT2D eigenvalue weighted by molar-refractivity contribution is 5.82. The first kappa shape index (κ1) is 8.50. The van der Waals surface area contributed by atoms with Gasteiger partial charge in [-0.2, -0.15) is 0 Å². The van der Waals surface area contributed by atoms with Crippen molar-refractivity contribution in [3.8, 4) is 0 Å². The summed E-state index contributed by atoms with van der Waals surface area (Å²) in [5.74, 6) is -3.47. The number of carboxylic acids is 2. The Morgan fingerprint density at radius 3 is 1.69 bits per heavy atom. The lowest BCUT2D eigenvalue weighted by Crippen LogP contribution is -2.38. The lowest BCUT2D eigenvalue weighted by Gasteiger charge is -2.22. The van der Waals surface area contributed by atoms with Crippen LogP contribution in [0.3, 0.4) is 0 Å². The number of fused-ring (bicyclic) bond motifs is 2. The first-order chi connectivity index (χ1) is 6.11. The highest BCUT2D eigenvalue weighted by atomic mass is 16.4. The van der Waals surface area contributed by atoms with Crippen molar-refractivity contribution in [3.63, 3.8) is 0 Å². The lowest BCUT2D eigenvalue weighted by molar-refractivity contribution is -0.154. The van der Waals surface area contributed by atoms with Gasteiger partial charge in [0.15, 0.2) is 0 Å². The predicted molar refractivity (Wildman–Crippen MR) is 42.2 cm³/mol. The van der Waals surface area contributed by atoms with Crippen LogP contribution in [0.15, 0.2) is 0 Å². The summed E-state index contributed by atoms with van der Waals surface area (Å²) in [5.41, 5.74) is 0. The molecule has 0 amide bonds. The molecule has 0 spiro atoms. The van der Waals surface area contributed by atoms with Gasteiger partial charge in [-0.05, 0) is 12.8 Å². The molecule has 2 saturated heterocycles. The van der Waals surface area contributed by atoms with Gasteiger partial charge in [-0.25, -0.2) is 0 Å². The van der Waals surface area contributed by atoms with Crippen LogP contribution in [0, 0.1) is 11.8 Å². The van der Waals surface area contributed by atoms with Gasteiger partial charge < -0.3 is 15.5 Å². The minimum atomic E-state index is -0.993. The molecule has 2 aliphatic rings. The number of hydrogen-bond donors (Lipinski definition) is 3. The van der Waals surface area contributed by atoms with Crippen molar-refractivity contribution < 1.29 is 19.8 Å². The normalized spacial score (nSPS) is 42.2. The molecule has 0 aliphatic carbocycles. The molecule has 0 aromatic rings. The average molecular weight is 185 g/mol. The van der Waals surface area contributed by atoms with Crippen LogP contribution in [0.1, 0.15) is 12.8 Å². The molecule has 0 unspecified atom stereocenters. The van der Waals surface area contributed by atoms with Crippen molar-refractivity contribution in [1.29, 1.82) is 0 Å². The molecule has 0 radical (unpaired) electrons. The molecular weight excluding hydrogens is 174 g/mol. The number of nitrogens with one attached hydrogen (secondary N) is 1. The van der Waals surface area contributed by atoms with Crippen LogP contribution in [0.25, 0.3) is 0 Å². The van der Waals surface area contributed by atoms with Crippen LogP contribution in [0.5, 0.6) is 0 Å². The molecule has 0 aromatic carbocycles. The second-order valence-electron chi connectivity index (χ2n) is 3.69. The zero-order valence-electron chi connectivity index (χ0n) is 6.93. The number of carbonyl (C=O) groups is 2. The topological polar surface area (TPSA) is 86.6 Å². The van der Waals surface area contributed by atoms with Gasteiger partial charge in [-0.15, -0.1) is 0 Å². The average Bonchev–Trinajstić information content (AvgIpc) is 2.60. The van der Waals surface area contributed by atoms with Gasteiger partial charge in [-0.1, -0.05) is 0 Å². The quantitative estimate of drug-likeness (QED) is 0.541. The Labute approximate surface area is 74.7 Å². The fourth-order valence-corrected chi connectivity index (χ4v) is 2.52. The Bertz CT molecular complexity index is 239. The van der Waals surface area contributed by atoms with Gasteiger partial charge in [0.05, 0.1) is 11.8 Å². The van der Waals surface area contributed by atoms with E-state index in [2.05, 4.69) is 5.32 Å². The van der Waals surface area contributed by atoms with E-state index in [0.717, 1.165) is 12.8 Å². The Hall–Kier alpha value is -1.10. The molecular formula is C8H11NO4. The summed E-state index contributed by atoms with van der Waals surface area (Å²) >= 11 is 0. The fraction of sp³-hybridized carbons (Fsp3) is 0.750. The number of carboxylic acid groups (broad SMARTS) is 2. The molecule has 0 aromatic heterocycles. The molecule has 2 fully saturated rings. The molecule has 2 aliphatic heterocycles. The van der Waals surface area contributed by atoms with E-state index in [9.17, 15) is 9.59 Å². The van der Waals surface area contributed by atoms with Gasteiger partial charge in [0.2, 0.25) is 0 Å². The van der Waals surface area contributed by atoms with Gasteiger partial charge in [0.25, 0.3) is 0 Å². The smallest absolute Gasteiger partial charge is 0.309 e. The van der Waals surface area contributed by atoms with Crippen LogP contribution >= 0.6 is 0 Å². The number of hydrogen-bond acceptors (Lipinski definition) is 3. The summed E-state index contributed by atoms with van der Waals surface area (Å²) in [4.78, 5) is 21.6. The van der Waals surface area contributed by atoms with E-state index in [1.165, 1.54) is 0 Å². The zero-order valence-corrected chi connectivity index (χ0v) is 6.93. The first-order valence-corrected chi connectivity index (χ1v) is 4.33. The van der Waals surface area contributed by atoms with Crippen molar-refractivity contribution in [2.45, 2.75) is 24.9 Å². The van der Waals surface area contributed by atoms with E-state index in [1.807, 2.05) is 0 Å². The van der Waals surface area contributed by atoms with E-state index in [-0.39, 0.29) is 12.1 Å². The minimum absolute atomic E-state index is 0.136. The van der Waals surface area contributed by atoms with E-state index >= 15 is 0 Å². The molecule has 13 heavy (non-hydrogen) atoms. The largest absolute Gasteiger partial charge is 0.481 e. The second-order valence-corrected chi connectivity index (χ2v) is 3.69. The van der Waals surface area contributed by atoms with Crippen LogP contribution in [-0.4, -0.2) is 34.2 Å². The first-order valence-electron chi connectivity index (χ1n) is 4.33. The van der Waals surface area contributed by atoms with Crippen molar-refractivity contribution in [1.82, 2.24) is 5.32 Å². The van der Waals surface area contributed by atoms with Gasteiger partial charge >= 0.3 is 11.9 Å². The molecule has 2 bridgehead atoms. The van der Waals surface area contributed by atoms with Gasteiger partial charge in [0, 0.05) is 12.1 Å². The molecule has 2 heterocycles. The van der Waals surface area contributed by atoms with Crippen molar-refractivity contribution in [2.24, 2.45) is 11.8 Å². The van der Waals surface area contributed by atoms with Crippen LogP contribution in [-0.2, 0) is 9.59 Å². The minimum Gasteiger partial charge on any atom is -0.481 e. The summed E-state index contributed by atoms with van der Waals surface area (Å²) in [6.45, 7) is 0. The van der Waals surface area contributed by atoms with E-state index in [0.29, 0.717) is 0 Å². The fourth-order valence-electron chi connectivity index (χ4n) is 2.52. The Morgan fingerprint density at radius 1 is 1.00 bits per heavy atom. The van der Waals surface area contributed by atoms with Gasteiger partial charge in [-0.3, -0.25) is 9.59 Å². The monoisotopic (exact) mass is 185 g/mol. The summed E-state index contributed by atoms with van der Waals surface area (Å²) in [7, 11) is 0. The predicted octanol–water partition coefficient (Wildman–Crippen LogP) is -0.478. The van der Waals surface area contributed by atoms with Crippen molar-refractivity contribution in [2.75, 3.05) is 0 Å². The zero-order chi connectivity index (χ0) is 9.59. The Kier molecular flexibility index (Phi) is 1.76. The third-order valence-electron chi connectivity index (χ3n) is 3.04. The SMILES string of the molecule is O=C(O)[C@H]1[C@H](C(=O)O)[C@H]2CC[C@@H]1N2. The Balaban J connectivity index is 2.24. The van der Waals surface area contributed by atoms with Crippen LogP contribution in [0.2, 0.25) is 0 Å². The molecule has 3 N–H and O–H groups in total. The summed E-state index contributed by atoms with van der Waals surface area (Å²) < 4.78 is 0. The molecule has 72 valence electrons. The number of rotatable bonds is 2. The maximum absolute atomic E-state index is 10.8. The summed E-state index contributed by atoms with van der Waals surface area (Å²) in [6.07, 6.45) is 1.57. The van der Waals surface area contributed by atoms with Crippen LogP contribution in [0.4, 0.5) is 0 Å². The van der Waals surface area contributed by atoms with E-state index < -0.39 is 23.8 Å². The van der Waals surface area contributed by atoms with Crippen molar-refractivity contribution in [3.05, 3.63) is 0 Å². The lowest BCUT2D eigenvalue weighted by atomic mass is 9.79. The van der Waals surface area contributed by atoms with Gasteiger partial charge in [0.1, 0.15) is 0 Å². The van der Waals surface area contributed by atoms with E-state index in [1.54, 1.807) is 0 Å². The summed E-state index contributed by atoms with van der Waals surface area (Å²) in [5, 5.41) is 20.7. The number of aliphatic carboxylic acids is 2. The highest BCUT2D eigenvalue weighted by Gasteiger charge is 2.54. The standard InChI is InChI=1S/C8H11NO4/c10-7(11)5-3-1-2-4(9-3)6(5)8(12)13/h3-6,9H,1-2H2,(H,10,11)(H,12,13)/t3-,4+,5-,6-/m1/s1. The molecule has 0 saturated carbocycles.